The third-order valence-electron chi connectivity index (χ3n) is 1.94. The maximum atomic E-state index is 10.8. The maximum Gasteiger partial charge on any atom is 0.335 e. The van der Waals surface area contributed by atoms with Gasteiger partial charge in [-0.2, -0.15) is 0 Å². The molecular weight excluding hydrogens is 208 g/mol. The number of hydrogen-bond donors (Lipinski definition) is 2. The van der Waals surface area contributed by atoms with E-state index >= 15 is 0 Å². The van der Waals surface area contributed by atoms with Gasteiger partial charge in [0.2, 0.25) is 5.95 Å². The minimum atomic E-state index is -1.01. The number of nitrogens with two attached hydrogens (primary N) is 1. The predicted octanol–water partition coefficient (Wildman–Crippen LogP) is 0.819. The number of aromatic nitrogens is 3. The Balaban J connectivity index is 2.48. The number of carboxylic acids is 1. The third-order valence-corrected chi connectivity index (χ3v) is 1.94. The molecule has 2 heterocycles. The summed E-state index contributed by atoms with van der Waals surface area (Å²) in [4.78, 5) is 22.5. The second-order valence-corrected chi connectivity index (χ2v) is 3.03. The number of carbonyl (C=O) groups is 1. The van der Waals surface area contributed by atoms with Gasteiger partial charge in [-0.05, 0) is 18.2 Å². The lowest BCUT2D eigenvalue weighted by atomic mass is 10.2. The molecule has 0 aliphatic rings. The zero-order chi connectivity index (χ0) is 11.5. The maximum absolute atomic E-state index is 10.8. The van der Waals surface area contributed by atoms with E-state index in [9.17, 15) is 4.79 Å². The number of nitrogen functional groups attached to an aromatic ring is 1. The van der Waals surface area contributed by atoms with E-state index in [1.165, 1.54) is 24.5 Å². The second kappa shape index (κ2) is 3.93. The second-order valence-electron chi connectivity index (χ2n) is 3.03. The highest BCUT2D eigenvalue weighted by atomic mass is 16.4. The van der Waals surface area contributed by atoms with Crippen LogP contribution in [0.1, 0.15) is 10.4 Å². The van der Waals surface area contributed by atoms with Gasteiger partial charge in [-0.3, -0.25) is 4.98 Å². The van der Waals surface area contributed by atoms with Crippen LogP contribution in [0.15, 0.2) is 30.6 Å². The predicted molar refractivity (Wildman–Crippen MR) is 56.6 cm³/mol. The van der Waals surface area contributed by atoms with E-state index in [-0.39, 0.29) is 11.5 Å². The zero-order valence-corrected chi connectivity index (χ0v) is 8.16. The molecule has 0 fully saturated rings. The van der Waals surface area contributed by atoms with Crippen LogP contribution in [-0.2, 0) is 0 Å². The Labute approximate surface area is 90.8 Å². The van der Waals surface area contributed by atoms with Crippen molar-refractivity contribution in [2.45, 2.75) is 0 Å². The molecule has 0 amide bonds. The van der Waals surface area contributed by atoms with Crippen molar-refractivity contribution in [2.75, 3.05) is 5.73 Å². The number of pyridine rings is 1. The average Bonchev–Trinajstić information content (AvgIpc) is 2.29. The van der Waals surface area contributed by atoms with Crippen molar-refractivity contribution in [1.82, 2.24) is 15.0 Å². The van der Waals surface area contributed by atoms with Gasteiger partial charge in [-0.25, -0.2) is 14.8 Å². The molecular formula is C10H8N4O2. The van der Waals surface area contributed by atoms with Crippen LogP contribution in [0.3, 0.4) is 0 Å². The highest BCUT2D eigenvalue weighted by Gasteiger charge is 2.07. The van der Waals surface area contributed by atoms with Crippen molar-refractivity contribution in [1.29, 1.82) is 0 Å². The number of rotatable bonds is 2. The summed E-state index contributed by atoms with van der Waals surface area (Å²) in [5, 5.41) is 8.83. The fourth-order valence-electron chi connectivity index (χ4n) is 1.22. The van der Waals surface area contributed by atoms with Gasteiger partial charge >= 0.3 is 5.97 Å². The molecule has 3 N–H and O–H groups in total. The van der Waals surface area contributed by atoms with Crippen LogP contribution in [0.4, 0.5) is 5.95 Å². The Hall–Kier alpha value is -2.50. The van der Waals surface area contributed by atoms with Crippen LogP contribution >= 0.6 is 0 Å². The first-order valence-corrected chi connectivity index (χ1v) is 4.45. The summed E-state index contributed by atoms with van der Waals surface area (Å²) in [6.07, 6.45) is 2.91. The largest absolute Gasteiger partial charge is 0.478 e. The molecule has 80 valence electrons. The SMILES string of the molecule is Nc1nccc(-c2cc(C(=O)O)ccn2)n1. The van der Waals surface area contributed by atoms with E-state index in [1.807, 2.05) is 0 Å². The molecule has 0 atom stereocenters. The molecule has 6 heteroatoms. The smallest absolute Gasteiger partial charge is 0.335 e. The Kier molecular flexibility index (Phi) is 2.47. The van der Waals surface area contributed by atoms with Gasteiger partial charge in [0.05, 0.1) is 17.0 Å². The number of nitrogens with zero attached hydrogens (tertiary/aromatic N) is 3. The van der Waals surface area contributed by atoms with Crippen molar-refractivity contribution in [3.8, 4) is 11.4 Å². The summed E-state index contributed by atoms with van der Waals surface area (Å²) in [5.41, 5.74) is 6.53. The van der Waals surface area contributed by atoms with E-state index in [1.54, 1.807) is 6.07 Å². The van der Waals surface area contributed by atoms with Gasteiger partial charge in [0, 0.05) is 12.4 Å². The fraction of sp³-hybridized carbons (Fsp3) is 0. The van der Waals surface area contributed by atoms with Crippen molar-refractivity contribution in [2.24, 2.45) is 0 Å². The van der Waals surface area contributed by atoms with Crippen LogP contribution in [0.5, 0.6) is 0 Å². The molecule has 0 bridgehead atoms. The molecule has 6 nitrogen and oxygen atoms in total. The monoisotopic (exact) mass is 216 g/mol. The van der Waals surface area contributed by atoms with Crippen molar-refractivity contribution < 1.29 is 9.90 Å². The Morgan fingerprint density at radius 2 is 1.94 bits per heavy atom. The number of anilines is 1. The van der Waals surface area contributed by atoms with Gasteiger partial charge in [0.1, 0.15) is 0 Å². The van der Waals surface area contributed by atoms with Crippen molar-refractivity contribution >= 4 is 11.9 Å². The first-order valence-electron chi connectivity index (χ1n) is 4.45. The van der Waals surface area contributed by atoms with E-state index in [2.05, 4.69) is 15.0 Å². The van der Waals surface area contributed by atoms with E-state index in [4.69, 9.17) is 10.8 Å². The standard InChI is InChI=1S/C10H8N4O2/c11-10-13-4-2-7(14-10)8-5-6(9(15)16)1-3-12-8/h1-5H,(H,15,16)(H2,11,13,14). The highest BCUT2D eigenvalue weighted by molar-refractivity contribution is 5.88. The normalized spacial score (nSPS) is 10.0. The highest BCUT2D eigenvalue weighted by Crippen LogP contribution is 2.15. The molecule has 2 aromatic rings. The molecule has 0 spiro atoms. The minimum absolute atomic E-state index is 0.125. The van der Waals surface area contributed by atoms with Gasteiger partial charge in [0.15, 0.2) is 0 Å². The van der Waals surface area contributed by atoms with Crippen LogP contribution in [-0.4, -0.2) is 26.0 Å². The summed E-state index contributed by atoms with van der Waals surface area (Å²) >= 11 is 0. The molecule has 2 aromatic heterocycles. The van der Waals surface area contributed by atoms with Crippen LogP contribution in [0, 0.1) is 0 Å². The lowest BCUT2D eigenvalue weighted by molar-refractivity contribution is 0.0697. The van der Waals surface area contributed by atoms with Gasteiger partial charge in [-0.1, -0.05) is 0 Å². The van der Waals surface area contributed by atoms with Crippen LogP contribution < -0.4 is 5.73 Å². The van der Waals surface area contributed by atoms with Crippen LogP contribution in [0.2, 0.25) is 0 Å². The lowest BCUT2D eigenvalue weighted by Crippen LogP contribution is -1.99. The number of aromatic carboxylic acids is 1. The molecule has 16 heavy (non-hydrogen) atoms. The van der Waals surface area contributed by atoms with Gasteiger partial charge < -0.3 is 10.8 Å². The first-order chi connectivity index (χ1) is 7.66. The van der Waals surface area contributed by atoms with E-state index in [0.29, 0.717) is 11.4 Å². The fourth-order valence-corrected chi connectivity index (χ4v) is 1.22. The Bertz CT molecular complexity index is 542. The van der Waals surface area contributed by atoms with E-state index in [0.717, 1.165) is 0 Å². The van der Waals surface area contributed by atoms with Crippen LogP contribution in [0.25, 0.3) is 11.4 Å². The quantitative estimate of drug-likeness (QED) is 0.770. The minimum Gasteiger partial charge on any atom is -0.478 e. The zero-order valence-electron chi connectivity index (χ0n) is 8.16. The van der Waals surface area contributed by atoms with Crippen molar-refractivity contribution in [3.05, 3.63) is 36.2 Å². The summed E-state index contributed by atoms with van der Waals surface area (Å²) in [6, 6.07) is 4.46. The van der Waals surface area contributed by atoms with E-state index < -0.39 is 5.97 Å². The average molecular weight is 216 g/mol. The van der Waals surface area contributed by atoms with Gasteiger partial charge in [0.25, 0.3) is 0 Å². The summed E-state index contributed by atoms with van der Waals surface area (Å²) in [7, 11) is 0. The topological polar surface area (TPSA) is 102 Å². The number of carboxylic acid groups (broad SMARTS) is 1. The van der Waals surface area contributed by atoms with Gasteiger partial charge in [-0.15, -0.1) is 0 Å². The molecule has 0 radical (unpaired) electrons. The van der Waals surface area contributed by atoms with Crippen molar-refractivity contribution in [3.63, 3.8) is 0 Å². The molecule has 0 unspecified atom stereocenters. The molecule has 0 aliphatic heterocycles. The molecule has 0 aliphatic carbocycles. The first kappa shape index (κ1) is 10.0. The third kappa shape index (κ3) is 1.95. The summed E-state index contributed by atoms with van der Waals surface area (Å²) in [6.45, 7) is 0. The Morgan fingerprint density at radius 1 is 1.19 bits per heavy atom. The lowest BCUT2D eigenvalue weighted by Gasteiger charge is -2.01. The molecule has 0 saturated carbocycles. The summed E-state index contributed by atoms with van der Waals surface area (Å²) < 4.78 is 0. The number of hydrogen-bond acceptors (Lipinski definition) is 5. The summed E-state index contributed by atoms with van der Waals surface area (Å²) in [5.74, 6) is -0.884. The molecule has 0 aromatic carbocycles. The molecule has 2 rings (SSSR count). The Morgan fingerprint density at radius 3 is 2.62 bits per heavy atom. The molecule has 0 saturated heterocycles.